The second-order valence-electron chi connectivity index (χ2n) is 5.79. The van der Waals surface area contributed by atoms with E-state index in [1.807, 2.05) is 18.2 Å². The van der Waals surface area contributed by atoms with Gasteiger partial charge in [0.2, 0.25) is 0 Å². The van der Waals surface area contributed by atoms with Crippen molar-refractivity contribution in [3.8, 4) is 5.75 Å². The Morgan fingerprint density at radius 1 is 1.10 bits per heavy atom. The highest BCUT2D eigenvalue weighted by Gasteiger charge is 2.16. The number of benzene rings is 1. The molecule has 1 saturated carbocycles. The molecular formula is C17H23NO2. The molecule has 3 rings (SSSR count). The first kappa shape index (κ1) is 13.5. The maximum Gasteiger partial charge on any atom is 0.128 e. The second-order valence-corrected chi connectivity index (χ2v) is 5.79. The van der Waals surface area contributed by atoms with Gasteiger partial charge in [-0.1, -0.05) is 36.6 Å². The van der Waals surface area contributed by atoms with Crippen LogP contribution in [0.15, 0.2) is 29.4 Å². The number of ether oxygens (including phenoxy) is 1. The quantitative estimate of drug-likeness (QED) is 0.774. The van der Waals surface area contributed by atoms with Gasteiger partial charge in [0, 0.05) is 5.56 Å². The molecule has 1 aliphatic heterocycles. The van der Waals surface area contributed by atoms with Gasteiger partial charge < -0.3 is 9.57 Å². The predicted octanol–water partition coefficient (Wildman–Crippen LogP) is 4.16. The highest BCUT2D eigenvalue weighted by molar-refractivity contribution is 6.02. The van der Waals surface area contributed by atoms with Crippen LogP contribution in [0.2, 0.25) is 0 Å². The van der Waals surface area contributed by atoms with Crippen molar-refractivity contribution in [2.24, 2.45) is 11.1 Å². The predicted molar refractivity (Wildman–Crippen MR) is 80.2 cm³/mol. The molecule has 1 fully saturated rings. The number of oxime groups is 1. The van der Waals surface area contributed by atoms with E-state index in [1.165, 1.54) is 32.1 Å². The fraction of sp³-hybridized carbons (Fsp3) is 0.588. The molecule has 2 aliphatic rings. The van der Waals surface area contributed by atoms with Gasteiger partial charge in [-0.2, -0.15) is 0 Å². The van der Waals surface area contributed by atoms with Gasteiger partial charge in [-0.15, -0.1) is 0 Å². The van der Waals surface area contributed by atoms with Crippen LogP contribution in [0.5, 0.6) is 5.75 Å². The lowest BCUT2D eigenvalue weighted by atomic mass is 9.90. The van der Waals surface area contributed by atoms with E-state index >= 15 is 0 Å². The Morgan fingerprint density at radius 2 is 1.95 bits per heavy atom. The van der Waals surface area contributed by atoms with Crippen LogP contribution in [-0.2, 0) is 4.84 Å². The third-order valence-corrected chi connectivity index (χ3v) is 4.22. The van der Waals surface area contributed by atoms with Crippen LogP contribution >= 0.6 is 0 Å². The van der Waals surface area contributed by atoms with Crippen molar-refractivity contribution >= 4 is 5.71 Å². The normalized spacial score (nSPS) is 21.9. The van der Waals surface area contributed by atoms with Gasteiger partial charge in [-0.05, 0) is 43.7 Å². The molecule has 1 aromatic rings. The highest BCUT2D eigenvalue weighted by atomic mass is 16.6. The summed E-state index contributed by atoms with van der Waals surface area (Å²) >= 11 is 0. The lowest BCUT2D eigenvalue weighted by Gasteiger charge is -2.20. The Morgan fingerprint density at radius 3 is 2.85 bits per heavy atom. The van der Waals surface area contributed by atoms with E-state index in [1.54, 1.807) is 0 Å². The Labute approximate surface area is 121 Å². The molecule has 0 saturated heterocycles. The fourth-order valence-electron chi connectivity index (χ4n) is 3.06. The monoisotopic (exact) mass is 273 g/mol. The maximum atomic E-state index is 5.74. The van der Waals surface area contributed by atoms with Crippen molar-refractivity contribution in [2.75, 3.05) is 13.2 Å². The zero-order valence-corrected chi connectivity index (χ0v) is 12.0. The molecule has 1 aromatic carbocycles. The Bertz CT molecular complexity index is 464. The molecule has 0 unspecified atom stereocenters. The van der Waals surface area contributed by atoms with Gasteiger partial charge in [0.05, 0.1) is 12.3 Å². The van der Waals surface area contributed by atoms with Crippen molar-refractivity contribution in [1.29, 1.82) is 0 Å². The smallest absolute Gasteiger partial charge is 0.128 e. The molecule has 0 spiro atoms. The first-order valence-corrected chi connectivity index (χ1v) is 7.84. The average molecular weight is 273 g/mol. The van der Waals surface area contributed by atoms with Crippen LogP contribution in [0.3, 0.4) is 0 Å². The lowest BCUT2D eigenvalue weighted by Crippen LogP contribution is -2.12. The van der Waals surface area contributed by atoms with Crippen LogP contribution in [0, 0.1) is 5.92 Å². The number of para-hydroxylation sites is 1. The summed E-state index contributed by atoms with van der Waals surface area (Å²) in [5, 5.41) is 4.42. The fourth-order valence-corrected chi connectivity index (χ4v) is 3.06. The number of rotatable bonds is 3. The van der Waals surface area contributed by atoms with Gasteiger partial charge in [-0.25, -0.2) is 0 Å². The summed E-state index contributed by atoms with van der Waals surface area (Å²) in [6.45, 7) is 1.53. The van der Waals surface area contributed by atoms with E-state index in [9.17, 15) is 0 Å². The van der Waals surface area contributed by atoms with E-state index in [-0.39, 0.29) is 0 Å². The third kappa shape index (κ3) is 3.33. The SMILES string of the molecule is c1ccc2c(c1)OCCC/C2=N\OCC1CCCCC1. The molecule has 0 bridgehead atoms. The maximum absolute atomic E-state index is 5.74. The van der Waals surface area contributed by atoms with Crippen LogP contribution in [0.1, 0.15) is 50.5 Å². The number of fused-ring (bicyclic) bond motifs is 1. The van der Waals surface area contributed by atoms with Crippen molar-refractivity contribution in [1.82, 2.24) is 0 Å². The molecule has 0 aromatic heterocycles. The van der Waals surface area contributed by atoms with Gasteiger partial charge in [-0.3, -0.25) is 0 Å². The molecule has 0 amide bonds. The molecule has 1 heterocycles. The standard InChI is InChI=1S/C17H23NO2/c1-2-7-14(8-3-1)13-20-18-16-10-6-12-19-17-11-5-4-9-15(16)17/h4-5,9,11,14H,1-3,6-8,10,12-13H2/b18-16+. The lowest BCUT2D eigenvalue weighted by molar-refractivity contribution is 0.0913. The molecule has 1 aliphatic carbocycles. The first-order valence-electron chi connectivity index (χ1n) is 7.84. The minimum Gasteiger partial charge on any atom is -0.493 e. The molecule has 3 heteroatoms. The molecule has 108 valence electrons. The number of nitrogens with zero attached hydrogens (tertiary/aromatic N) is 1. The van der Waals surface area contributed by atoms with Gasteiger partial charge in [0.25, 0.3) is 0 Å². The van der Waals surface area contributed by atoms with E-state index in [2.05, 4.69) is 11.2 Å². The first-order chi connectivity index (χ1) is 9.93. The van der Waals surface area contributed by atoms with Crippen molar-refractivity contribution in [3.63, 3.8) is 0 Å². The third-order valence-electron chi connectivity index (χ3n) is 4.22. The summed E-state index contributed by atoms with van der Waals surface area (Å²) in [4.78, 5) is 5.66. The molecule has 0 N–H and O–H groups in total. The van der Waals surface area contributed by atoms with Crippen molar-refractivity contribution in [3.05, 3.63) is 29.8 Å². The van der Waals surface area contributed by atoms with Crippen LogP contribution < -0.4 is 4.74 Å². The number of hydrogen-bond donors (Lipinski definition) is 0. The summed E-state index contributed by atoms with van der Waals surface area (Å²) in [5.74, 6) is 1.63. The van der Waals surface area contributed by atoms with Crippen molar-refractivity contribution in [2.45, 2.75) is 44.9 Å². The zero-order valence-electron chi connectivity index (χ0n) is 12.0. The van der Waals surface area contributed by atoms with E-state index in [0.717, 1.165) is 43.1 Å². The average Bonchev–Trinajstić information content (AvgIpc) is 2.71. The van der Waals surface area contributed by atoms with E-state index < -0.39 is 0 Å². The second kappa shape index (κ2) is 6.78. The minimum atomic E-state index is 0.699. The molecule has 0 radical (unpaired) electrons. The van der Waals surface area contributed by atoms with E-state index in [0.29, 0.717) is 5.92 Å². The molecular weight excluding hydrogens is 250 g/mol. The summed E-state index contributed by atoms with van der Waals surface area (Å²) in [7, 11) is 0. The summed E-state index contributed by atoms with van der Waals surface area (Å²) in [6, 6.07) is 8.12. The zero-order chi connectivity index (χ0) is 13.6. The van der Waals surface area contributed by atoms with Gasteiger partial charge in [0.1, 0.15) is 12.4 Å². The summed E-state index contributed by atoms with van der Waals surface area (Å²) < 4.78 is 5.74. The van der Waals surface area contributed by atoms with Crippen LogP contribution in [0.25, 0.3) is 0 Å². The minimum absolute atomic E-state index is 0.699. The van der Waals surface area contributed by atoms with Crippen LogP contribution in [0.4, 0.5) is 0 Å². The highest BCUT2D eigenvalue weighted by Crippen LogP contribution is 2.26. The van der Waals surface area contributed by atoms with Gasteiger partial charge >= 0.3 is 0 Å². The van der Waals surface area contributed by atoms with Crippen LogP contribution in [-0.4, -0.2) is 18.9 Å². The molecule has 20 heavy (non-hydrogen) atoms. The van der Waals surface area contributed by atoms with E-state index in [4.69, 9.17) is 9.57 Å². The largest absolute Gasteiger partial charge is 0.493 e. The number of hydrogen-bond acceptors (Lipinski definition) is 3. The van der Waals surface area contributed by atoms with Crippen molar-refractivity contribution < 1.29 is 9.57 Å². The molecule has 0 atom stereocenters. The summed E-state index contributed by atoms with van der Waals surface area (Å²) in [6.07, 6.45) is 8.61. The topological polar surface area (TPSA) is 30.8 Å². The Balaban J connectivity index is 1.64. The Hall–Kier alpha value is -1.51. The summed E-state index contributed by atoms with van der Waals surface area (Å²) in [5.41, 5.74) is 2.13. The molecule has 3 nitrogen and oxygen atoms in total. The Kier molecular flexibility index (Phi) is 4.57. The van der Waals surface area contributed by atoms with Gasteiger partial charge in [0.15, 0.2) is 0 Å².